The minimum atomic E-state index is -0.381. The second kappa shape index (κ2) is 13.5. The smallest absolute Gasteiger partial charge is 0.253 e. The summed E-state index contributed by atoms with van der Waals surface area (Å²) < 4.78 is 15.9. The Morgan fingerprint density at radius 3 is 2.00 bits per heavy atom. The van der Waals surface area contributed by atoms with Gasteiger partial charge in [-0.05, 0) is 7.05 Å². The molecule has 1 rings (SSSR count). The molecule has 1 aliphatic rings. The van der Waals surface area contributed by atoms with E-state index in [9.17, 15) is 14.4 Å². The molecule has 0 fully saturated rings. The van der Waals surface area contributed by atoms with Gasteiger partial charge in [0.05, 0.1) is 39.6 Å². The third-order valence-corrected chi connectivity index (χ3v) is 3.27. The van der Waals surface area contributed by atoms with Gasteiger partial charge in [0.1, 0.15) is 0 Å². The van der Waals surface area contributed by atoms with Crippen LogP contribution >= 0.6 is 0 Å². The Labute approximate surface area is 147 Å². The summed E-state index contributed by atoms with van der Waals surface area (Å²) >= 11 is 0. The summed E-state index contributed by atoms with van der Waals surface area (Å²) in [6, 6.07) is 0. The minimum absolute atomic E-state index is 0.0792. The SMILES string of the molecule is CNCCOCCOCCOCCNC(=O)CCN1C(=O)C=CC1=O. The van der Waals surface area contributed by atoms with Crippen molar-refractivity contribution in [3.05, 3.63) is 12.2 Å². The minimum Gasteiger partial charge on any atom is -0.378 e. The average Bonchev–Trinajstić information content (AvgIpc) is 2.92. The first-order chi connectivity index (χ1) is 12.1. The number of carbonyl (C=O) groups excluding carboxylic acids is 3. The zero-order valence-electron chi connectivity index (χ0n) is 14.6. The van der Waals surface area contributed by atoms with Gasteiger partial charge >= 0.3 is 0 Å². The fourth-order valence-electron chi connectivity index (χ4n) is 1.93. The molecule has 0 saturated heterocycles. The fraction of sp³-hybridized carbons (Fsp3) is 0.688. The van der Waals surface area contributed by atoms with Crippen LogP contribution in [0.15, 0.2) is 12.2 Å². The zero-order valence-corrected chi connectivity index (χ0v) is 14.6. The Kier molecular flexibility index (Phi) is 11.4. The molecule has 3 amide bonds. The molecular weight excluding hydrogens is 330 g/mol. The van der Waals surface area contributed by atoms with Crippen molar-refractivity contribution in [3.63, 3.8) is 0 Å². The number of carbonyl (C=O) groups is 3. The lowest BCUT2D eigenvalue weighted by Crippen LogP contribution is -2.35. The van der Waals surface area contributed by atoms with Crippen molar-refractivity contribution in [2.24, 2.45) is 0 Å². The average molecular weight is 357 g/mol. The summed E-state index contributed by atoms with van der Waals surface area (Å²) in [6.07, 6.45) is 2.48. The monoisotopic (exact) mass is 357 g/mol. The number of hydrogen-bond acceptors (Lipinski definition) is 7. The van der Waals surface area contributed by atoms with Gasteiger partial charge in [0.15, 0.2) is 0 Å². The number of likely N-dealkylation sites (N-methyl/N-ethyl adjacent to an activating group) is 1. The van der Waals surface area contributed by atoms with Gasteiger partial charge < -0.3 is 24.8 Å². The molecular formula is C16H27N3O6. The van der Waals surface area contributed by atoms with Gasteiger partial charge in [-0.1, -0.05) is 0 Å². The standard InChI is InChI=1S/C16H27N3O6/c1-17-5-8-23-10-12-25-13-11-24-9-6-18-14(20)4-7-19-15(21)2-3-16(19)22/h2-3,17H,4-13H2,1H3,(H,18,20). The second-order valence-corrected chi connectivity index (χ2v) is 5.20. The summed E-state index contributed by atoms with van der Waals surface area (Å²) in [5.74, 6) is -0.992. The second-order valence-electron chi connectivity index (χ2n) is 5.20. The molecule has 0 aromatic heterocycles. The topological polar surface area (TPSA) is 106 Å². The van der Waals surface area contributed by atoms with Gasteiger partial charge in [-0.25, -0.2) is 0 Å². The highest BCUT2D eigenvalue weighted by atomic mass is 16.5. The molecule has 0 aliphatic carbocycles. The number of nitrogens with one attached hydrogen (secondary N) is 2. The Hall–Kier alpha value is -1.81. The molecule has 142 valence electrons. The van der Waals surface area contributed by atoms with Crippen molar-refractivity contribution >= 4 is 17.7 Å². The van der Waals surface area contributed by atoms with Crippen LogP contribution in [0.3, 0.4) is 0 Å². The van der Waals surface area contributed by atoms with E-state index in [1.54, 1.807) is 0 Å². The van der Waals surface area contributed by atoms with Gasteiger partial charge in [-0.2, -0.15) is 0 Å². The molecule has 0 aromatic rings. The number of hydrogen-bond donors (Lipinski definition) is 2. The van der Waals surface area contributed by atoms with Crippen LogP contribution in [0.4, 0.5) is 0 Å². The molecule has 25 heavy (non-hydrogen) atoms. The Morgan fingerprint density at radius 2 is 1.44 bits per heavy atom. The van der Waals surface area contributed by atoms with Crippen LogP contribution in [0, 0.1) is 0 Å². The summed E-state index contributed by atoms with van der Waals surface area (Å²) in [7, 11) is 1.87. The molecule has 9 heteroatoms. The van der Waals surface area contributed by atoms with E-state index >= 15 is 0 Å². The van der Waals surface area contributed by atoms with E-state index < -0.39 is 0 Å². The maximum absolute atomic E-state index is 11.6. The Balaban J connectivity index is 1.85. The first-order valence-corrected chi connectivity index (χ1v) is 8.33. The maximum atomic E-state index is 11.6. The largest absolute Gasteiger partial charge is 0.378 e. The molecule has 9 nitrogen and oxygen atoms in total. The van der Waals surface area contributed by atoms with Crippen molar-refractivity contribution < 1.29 is 28.6 Å². The zero-order chi connectivity index (χ0) is 18.3. The molecule has 0 spiro atoms. The normalized spacial score (nSPS) is 13.7. The summed E-state index contributed by atoms with van der Waals surface area (Å²) in [5, 5.41) is 5.65. The van der Waals surface area contributed by atoms with Crippen molar-refractivity contribution in [2.75, 3.05) is 66.3 Å². The van der Waals surface area contributed by atoms with Gasteiger partial charge in [0.2, 0.25) is 5.91 Å². The van der Waals surface area contributed by atoms with E-state index in [1.165, 1.54) is 12.2 Å². The number of amides is 3. The van der Waals surface area contributed by atoms with Crippen LogP contribution in [-0.2, 0) is 28.6 Å². The molecule has 0 saturated carbocycles. The van der Waals surface area contributed by atoms with Crippen molar-refractivity contribution in [2.45, 2.75) is 6.42 Å². The highest BCUT2D eigenvalue weighted by Crippen LogP contribution is 2.03. The predicted molar refractivity (Wildman–Crippen MR) is 89.9 cm³/mol. The van der Waals surface area contributed by atoms with Crippen LogP contribution < -0.4 is 10.6 Å². The van der Waals surface area contributed by atoms with Crippen LogP contribution in [0.5, 0.6) is 0 Å². The van der Waals surface area contributed by atoms with E-state index in [2.05, 4.69) is 10.6 Å². The van der Waals surface area contributed by atoms with E-state index in [4.69, 9.17) is 14.2 Å². The summed E-state index contributed by atoms with van der Waals surface area (Å²) in [6.45, 7) is 4.28. The number of imide groups is 1. The fourth-order valence-corrected chi connectivity index (χ4v) is 1.93. The first-order valence-electron chi connectivity index (χ1n) is 8.33. The van der Waals surface area contributed by atoms with Crippen molar-refractivity contribution in [3.8, 4) is 0 Å². The first kappa shape index (κ1) is 21.2. The van der Waals surface area contributed by atoms with Crippen molar-refractivity contribution in [1.29, 1.82) is 0 Å². The number of nitrogens with zero attached hydrogens (tertiary/aromatic N) is 1. The third-order valence-electron chi connectivity index (χ3n) is 3.27. The van der Waals surface area contributed by atoms with Crippen LogP contribution in [0.25, 0.3) is 0 Å². The maximum Gasteiger partial charge on any atom is 0.253 e. The number of rotatable bonds is 15. The molecule has 0 unspecified atom stereocenters. The summed E-state index contributed by atoms with van der Waals surface area (Å²) in [4.78, 5) is 35.3. The third kappa shape index (κ3) is 9.92. The predicted octanol–water partition coefficient (Wildman–Crippen LogP) is -1.31. The number of ether oxygens (including phenoxy) is 3. The van der Waals surface area contributed by atoms with Crippen molar-refractivity contribution in [1.82, 2.24) is 15.5 Å². The van der Waals surface area contributed by atoms with Gasteiger partial charge in [-0.15, -0.1) is 0 Å². The molecule has 0 atom stereocenters. The van der Waals surface area contributed by atoms with E-state index in [0.29, 0.717) is 46.2 Å². The van der Waals surface area contributed by atoms with E-state index in [0.717, 1.165) is 11.4 Å². The van der Waals surface area contributed by atoms with Crippen LogP contribution in [-0.4, -0.2) is 88.9 Å². The lowest BCUT2D eigenvalue weighted by atomic mass is 10.3. The molecule has 1 heterocycles. The summed E-state index contributed by atoms with van der Waals surface area (Å²) in [5.41, 5.74) is 0. The highest BCUT2D eigenvalue weighted by molar-refractivity contribution is 6.13. The highest BCUT2D eigenvalue weighted by Gasteiger charge is 2.23. The Bertz CT molecular complexity index is 437. The molecule has 0 bridgehead atoms. The van der Waals surface area contributed by atoms with Gasteiger partial charge in [-0.3, -0.25) is 19.3 Å². The quantitative estimate of drug-likeness (QED) is 0.277. The van der Waals surface area contributed by atoms with E-state index in [-0.39, 0.29) is 30.7 Å². The molecule has 0 radical (unpaired) electrons. The molecule has 0 aromatic carbocycles. The van der Waals surface area contributed by atoms with Crippen LogP contribution in [0.2, 0.25) is 0 Å². The lowest BCUT2D eigenvalue weighted by Gasteiger charge is -2.13. The lowest BCUT2D eigenvalue weighted by molar-refractivity contribution is -0.137. The van der Waals surface area contributed by atoms with Gasteiger partial charge in [0.25, 0.3) is 11.8 Å². The van der Waals surface area contributed by atoms with Gasteiger partial charge in [0, 0.05) is 38.2 Å². The molecule has 2 N–H and O–H groups in total. The molecule has 1 aliphatic heterocycles. The van der Waals surface area contributed by atoms with E-state index in [1.807, 2.05) is 7.05 Å². The Morgan fingerprint density at radius 1 is 0.920 bits per heavy atom. The van der Waals surface area contributed by atoms with Crippen LogP contribution in [0.1, 0.15) is 6.42 Å².